The van der Waals surface area contributed by atoms with E-state index < -0.39 is 0 Å². The number of pyridine rings is 1. The highest BCUT2D eigenvalue weighted by Crippen LogP contribution is 2.30. The highest BCUT2D eigenvalue weighted by Gasteiger charge is 2.33. The number of rotatable bonds is 5. The maximum atomic E-state index is 12.8. The van der Waals surface area contributed by atoms with Crippen molar-refractivity contribution in [2.75, 3.05) is 13.2 Å². The maximum absolute atomic E-state index is 12.8. The summed E-state index contributed by atoms with van der Waals surface area (Å²) < 4.78 is 8.02. The predicted molar refractivity (Wildman–Crippen MR) is 97.7 cm³/mol. The van der Waals surface area contributed by atoms with Gasteiger partial charge in [0.1, 0.15) is 11.6 Å². The lowest BCUT2D eigenvalue weighted by molar-refractivity contribution is -0.138. The van der Waals surface area contributed by atoms with Crippen LogP contribution < -0.4 is 4.74 Å². The van der Waals surface area contributed by atoms with Gasteiger partial charge in [0.15, 0.2) is 0 Å². The lowest BCUT2D eigenvalue weighted by atomic mass is 10.0. The fourth-order valence-electron chi connectivity index (χ4n) is 3.82. The van der Waals surface area contributed by atoms with Crippen molar-refractivity contribution in [1.29, 1.82) is 0 Å². The van der Waals surface area contributed by atoms with Crippen molar-refractivity contribution in [1.82, 2.24) is 19.4 Å². The summed E-state index contributed by atoms with van der Waals surface area (Å²) in [5.74, 6) is 2.19. The van der Waals surface area contributed by atoms with Crippen LogP contribution in [0.2, 0.25) is 0 Å². The number of imidazole rings is 1. The molecule has 4 rings (SSSR count). The Hall–Kier alpha value is -2.63. The van der Waals surface area contributed by atoms with Gasteiger partial charge in [-0.15, -0.1) is 0 Å². The van der Waals surface area contributed by atoms with Gasteiger partial charge in [-0.25, -0.2) is 4.98 Å². The molecule has 0 bridgehead atoms. The summed E-state index contributed by atoms with van der Waals surface area (Å²) in [5, 5.41) is 0. The van der Waals surface area contributed by atoms with E-state index in [-0.39, 0.29) is 17.9 Å². The summed E-state index contributed by atoms with van der Waals surface area (Å²) in [6.45, 7) is 4.23. The second kappa shape index (κ2) is 7.32. The Morgan fingerprint density at radius 1 is 1.23 bits per heavy atom. The Bertz CT molecular complexity index is 791. The van der Waals surface area contributed by atoms with E-state index in [0.29, 0.717) is 6.61 Å². The standard InChI is InChI=1S/C20H24N4O2/c1-15-19-22-14-17(8-13-26-18-6-9-21-10-7-18)24(19)12-11-23(15)20(25)16-4-2-3-5-16/h2-3,6-7,9-10,14-16H,4-5,8,11-13H2,1H3/t15-/m0/s1. The average Bonchev–Trinajstić information content (AvgIpc) is 3.33. The summed E-state index contributed by atoms with van der Waals surface area (Å²) in [6.07, 6.45) is 12.1. The molecule has 26 heavy (non-hydrogen) atoms. The number of fused-ring (bicyclic) bond motifs is 1. The Morgan fingerprint density at radius 3 is 2.77 bits per heavy atom. The number of allylic oxidation sites excluding steroid dienone is 2. The monoisotopic (exact) mass is 352 g/mol. The fourth-order valence-corrected chi connectivity index (χ4v) is 3.82. The molecule has 6 heteroatoms. The third kappa shape index (κ3) is 3.23. The Balaban J connectivity index is 1.40. The van der Waals surface area contributed by atoms with Crippen LogP contribution in [0.15, 0.2) is 42.9 Å². The summed E-state index contributed by atoms with van der Waals surface area (Å²) in [4.78, 5) is 23.4. The van der Waals surface area contributed by atoms with Gasteiger partial charge in [-0.1, -0.05) is 12.2 Å². The van der Waals surface area contributed by atoms with E-state index in [1.165, 1.54) is 0 Å². The summed E-state index contributed by atoms with van der Waals surface area (Å²) in [6, 6.07) is 3.73. The number of hydrogen-bond donors (Lipinski definition) is 0. The molecule has 2 aromatic rings. The Morgan fingerprint density at radius 2 is 2.00 bits per heavy atom. The van der Waals surface area contributed by atoms with Crippen LogP contribution in [-0.4, -0.2) is 38.5 Å². The van der Waals surface area contributed by atoms with Crippen molar-refractivity contribution in [3.63, 3.8) is 0 Å². The molecule has 2 aromatic heterocycles. The minimum Gasteiger partial charge on any atom is -0.493 e. The Labute approximate surface area is 153 Å². The molecular formula is C20H24N4O2. The molecule has 1 amide bonds. The molecule has 1 atom stereocenters. The third-order valence-electron chi connectivity index (χ3n) is 5.29. The minimum atomic E-state index is 0.0201. The molecule has 0 fully saturated rings. The van der Waals surface area contributed by atoms with E-state index in [2.05, 4.69) is 33.6 Å². The first-order valence-corrected chi connectivity index (χ1v) is 9.26. The van der Waals surface area contributed by atoms with Gasteiger partial charge < -0.3 is 14.2 Å². The van der Waals surface area contributed by atoms with Gasteiger partial charge >= 0.3 is 0 Å². The topological polar surface area (TPSA) is 60.3 Å². The predicted octanol–water partition coefficient (Wildman–Crippen LogP) is 2.77. The largest absolute Gasteiger partial charge is 0.493 e. The number of carbonyl (C=O) groups is 1. The number of hydrogen-bond acceptors (Lipinski definition) is 4. The van der Waals surface area contributed by atoms with Crippen LogP contribution >= 0.6 is 0 Å². The number of carbonyl (C=O) groups excluding carboxylic acids is 1. The first kappa shape index (κ1) is 16.8. The van der Waals surface area contributed by atoms with E-state index in [1.807, 2.05) is 23.2 Å². The van der Waals surface area contributed by atoms with Gasteiger partial charge in [0.05, 0.1) is 12.6 Å². The summed E-state index contributed by atoms with van der Waals surface area (Å²) in [7, 11) is 0. The zero-order valence-corrected chi connectivity index (χ0v) is 15.0. The molecule has 0 N–H and O–H groups in total. The number of aromatic nitrogens is 3. The molecule has 6 nitrogen and oxygen atoms in total. The van der Waals surface area contributed by atoms with Gasteiger partial charge in [-0.2, -0.15) is 0 Å². The van der Waals surface area contributed by atoms with Crippen LogP contribution in [0.1, 0.15) is 37.3 Å². The zero-order chi connectivity index (χ0) is 17.9. The molecule has 0 saturated carbocycles. The highest BCUT2D eigenvalue weighted by atomic mass is 16.5. The molecule has 0 aromatic carbocycles. The van der Waals surface area contributed by atoms with Crippen LogP contribution in [0.5, 0.6) is 5.75 Å². The maximum Gasteiger partial charge on any atom is 0.226 e. The van der Waals surface area contributed by atoms with E-state index in [9.17, 15) is 4.79 Å². The van der Waals surface area contributed by atoms with Crippen LogP contribution in [-0.2, 0) is 17.8 Å². The van der Waals surface area contributed by atoms with E-state index in [1.54, 1.807) is 12.4 Å². The number of nitrogens with zero attached hydrogens (tertiary/aromatic N) is 4. The average molecular weight is 352 g/mol. The van der Waals surface area contributed by atoms with Gasteiger partial charge in [0.2, 0.25) is 5.91 Å². The Kier molecular flexibility index (Phi) is 4.73. The molecule has 0 unspecified atom stereocenters. The normalized spacial score (nSPS) is 19.6. The molecule has 3 heterocycles. The van der Waals surface area contributed by atoms with Gasteiger partial charge in [-0.3, -0.25) is 9.78 Å². The lowest BCUT2D eigenvalue weighted by Gasteiger charge is -2.36. The number of amides is 1. The van der Waals surface area contributed by atoms with E-state index in [4.69, 9.17) is 4.74 Å². The van der Waals surface area contributed by atoms with Gasteiger partial charge in [-0.05, 0) is 31.9 Å². The van der Waals surface area contributed by atoms with Crippen molar-refractivity contribution in [3.05, 3.63) is 54.4 Å². The van der Waals surface area contributed by atoms with Gasteiger partial charge in [0, 0.05) is 49.7 Å². The molecule has 136 valence electrons. The van der Waals surface area contributed by atoms with Gasteiger partial charge in [0.25, 0.3) is 0 Å². The van der Waals surface area contributed by atoms with Crippen molar-refractivity contribution in [3.8, 4) is 5.75 Å². The molecule has 1 aliphatic heterocycles. The third-order valence-corrected chi connectivity index (χ3v) is 5.29. The first-order chi connectivity index (χ1) is 12.7. The second-order valence-corrected chi connectivity index (χ2v) is 6.89. The highest BCUT2D eigenvalue weighted by molar-refractivity contribution is 5.80. The molecule has 1 aliphatic carbocycles. The second-order valence-electron chi connectivity index (χ2n) is 6.89. The van der Waals surface area contributed by atoms with Crippen LogP contribution in [0.3, 0.4) is 0 Å². The van der Waals surface area contributed by atoms with Crippen LogP contribution in [0.25, 0.3) is 0 Å². The smallest absolute Gasteiger partial charge is 0.226 e. The zero-order valence-electron chi connectivity index (χ0n) is 15.0. The number of ether oxygens (including phenoxy) is 1. The van der Waals surface area contributed by atoms with Crippen molar-refractivity contribution >= 4 is 5.91 Å². The summed E-state index contributed by atoms with van der Waals surface area (Å²) in [5.41, 5.74) is 1.16. The quantitative estimate of drug-likeness (QED) is 0.777. The molecule has 0 saturated heterocycles. The summed E-state index contributed by atoms with van der Waals surface area (Å²) >= 11 is 0. The van der Waals surface area contributed by atoms with E-state index in [0.717, 1.165) is 49.6 Å². The minimum absolute atomic E-state index is 0.0201. The first-order valence-electron chi connectivity index (χ1n) is 9.26. The molecule has 2 aliphatic rings. The van der Waals surface area contributed by atoms with Crippen molar-refractivity contribution in [2.24, 2.45) is 5.92 Å². The molecule has 0 spiro atoms. The van der Waals surface area contributed by atoms with Crippen molar-refractivity contribution in [2.45, 2.75) is 38.8 Å². The van der Waals surface area contributed by atoms with Crippen molar-refractivity contribution < 1.29 is 9.53 Å². The van der Waals surface area contributed by atoms with Crippen LogP contribution in [0, 0.1) is 5.92 Å². The van der Waals surface area contributed by atoms with Crippen LogP contribution in [0.4, 0.5) is 0 Å². The molecular weight excluding hydrogens is 328 g/mol. The van der Waals surface area contributed by atoms with E-state index >= 15 is 0 Å². The fraction of sp³-hybridized carbons (Fsp3) is 0.450. The SMILES string of the molecule is C[C@H]1c2ncc(CCOc3ccncc3)n2CCN1C(=O)C1CC=CC1. The molecule has 0 radical (unpaired) electrons. The lowest BCUT2D eigenvalue weighted by Crippen LogP contribution is -2.44.